The lowest BCUT2D eigenvalue weighted by molar-refractivity contribution is 0.670. The molecular formula is C58H34N2O. The third-order valence-electron chi connectivity index (χ3n) is 12.7. The van der Waals surface area contributed by atoms with E-state index in [-0.39, 0.29) is 0 Å². The zero-order valence-corrected chi connectivity index (χ0v) is 32.9. The first-order valence-corrected chi connectivity index (χ1v) is 20.8. The van der Waals surface area contributed by atoms with Crippen molar-refractivity contribution >= 4 is 86.8 Å². The molecule has 0 aliphatic carbocycles. The molecule has 2 heterocycles. The third-order valence-corrected chi connectivity index (χ3v) is 12.7. The monoisotopic (exact) mass is 774 g/mol. The summed E-state index contributed by atoms with van der Waals surface area (Å²) in [5.41, 5.74) is 12.7. The van der Waals surface area contributed by atoms with Crippen LogP contribution in [0.3, 0.4) is 0 Å². The molecule has 3 heteroatoms. The average Bonchev–Trinajstić information content (AvgIpc) is 3.72. The van der Waals surface area contributed by atoms with Crippen LogP contribution in [0.15, 0.2) is 211 Å². The molecule has 0 saturated heterocycles. The zero-order chi connectivity index (χ0) is 40.0. The predicted octanol–water partition coefficient (Wildman–Crippen LogP) is 16.0. The summed E-state index contributed by atoms with van der Waals surface area (Å²) in [6.45, 7) is 0. The van der Waals surface area contributed by atoms with E-state index in [1.54, 1.807) is 0 Å². The fourth-order valence-electron chi connectivity index (χ4n) is 10.0. The second-order valence-corrected chi connectivity index (χ2v) is 15.9. The largest absolute Gasteiger partial charge is 0.455 e. The van der Waals surface area contributed by atoms with E-state index in [4.69, 9.17) is 14.4 Å². The molecule has 3 nitrogen and oxygen atoms in total. The maximum Gasteiger partial charge on any atom is 0.143 e. The molecule has 0 spiro atoms. The van der Waals surface area contributed by atoms with Gasteiger partial charge in [-0.05, 0) is 77.0 Å². The van der Waals surface area contributed by atoms with Crippen molar-refractivity contribution in [1.82, 2.24) is 9.97 Å². The molecule has 0 N–H and O–H groups in total. The molecule has 0 amide bonds. The molecule has 0 radical (unpaired) electrons. The first-order chi connectivity index (χ1) is 30.3. The van der Waals surface area contributed by atoms with Crippen molar-refractivity contribution in [2.75, 3.05) is 0 Å². The minimum absolute atomic E-state index is 0.864. The molecule has 61 heavy (non-hydrogen) atoms. The van der Waals surface area contributed by atoms with Crippen LogP contribution in [0.2, 0.25) is 0 Å². The van der Waals surface area contributed by atoms with Gasteiger partial charge in [0, 0.05) is 32.7 Å². The number of benzene rings is 11. The van der Waals surface area contributed by atoms with Crippen LogP contribution >= 0.6 is 0 Å². The van der Waals surface area contributed by atoms with E-state index in [0.717, 1.165) is 71.5 Å². The van der Waals surface area contributed by atoms with E-state index in [9.17, 15) is 0 Å². The average molecular weight is 775 g/mol. The van der Waals surface area contributed by atoms with Gasteiger partial charge in [0.25, 0.3) is 0 Å². The van der Waals surface area contributed by atoms with Crippen LogP contribution in [-0.4, -0.2) is 9.97 Å². The summed E-state index contributed by atoms with van der Waals surface area (Å²) in [6.07, 6.45) is 1.95. The highest BCUT2D eigenvalue weighted by molar-refractivity contribution is 6.23. The second-order valence-electron chi connectivity index (χ2n) is 15.9. The van der Waals surface area contributed by atoms with Gasteiger partial charge in [0.1, 0.15) is 11.2 Å². The van der Waals surface area contributed by atoms with Gasteiger partial charge in [-0.3, -0.25) is 4.98 Å². The van der Waals surface area contributed by atoms with Crippen molar-refractivity contribution in [2.45, 2.75) is 0 Å². The van der Waals surface area contributed by atoms with Crippen LogP contribution in [0.5, 0.6) is 0 Å². The van der Waals surface area contributed by atoms with Crippen LogP contribution in [0.25, 0.3) is 131 Å². The number of rotatable bonds is 4. The quantitative estimate of drug-likeness (QED) is 0.167. The van der Waals surface area contributed by atoms with Gasteiger partial charge in [0.2, 0.25) is 0 Å². The van der Waals surface area contributed by atoms with E-state index < -0.39 is 0 Å². The molecule has 0 bridgehead atoms. The summed E-state index contributed by atoms with van der Waals surface area (Å²) in [5.74, 6) is 0. The fraction of sp³-hybridized carbons (Fsp3) is 0. The summed E-state index contributed by atoms with van der Waals surface area (Å²) < 4.78 is 6.52. The van der Waals surface area contributed by atoms with E-state index in [1.165, 1.54) is 60.0 Å². The number of fused-ring (bicyclic) bond motifs is 12. The predicted molar refractivity (Wildman–Crippen MR) is 256 cm³/mol. The van der Waals surface area contributed by atoms with Crippen molar-refractivity contribution in [3.05, 3.63) is 206 Å². The second kappa shape index (κ2) is 13.2. The van der Waals surface area contributed by atoms with Crippen molar-refractivity contribution in [1.29, 1.82) is 0 Å². The first kappa shape index (κ1) is 33.8. The standard InChI is InChI=1S/C58H34N2O/c1-2-15-36-35(14-1)46(32-33-47(36)52-29-13-30-53-49-18-7-8-31-55(49)61-58(52)53)42-25-10-22-38-37(21-9-23-40(38)42)39-24-11-27-43-41(39)26-12-28-48(43)54-34-59-56-50-19-5-3-16-44(50)45-17-4-6-20-51(45)57(56)60-54/h1-34H. The normalized spacial score (nSPS) is 11.9. The Hall–Kier alpha value is -8.14. The maximum atomic E-state index is 6.52. The Labute approximate surface area is 350 Å². The molecule has 0 fully saturated rings. The van der Waals surface area contributed by atoms with E-state index in [0.29, 0.717) is 0 Å². The molecule has 13 rings (SSSR count). The minimum atomic E-state index is 0.864. The van der Waals surface area contributed by atoms with Crippen molar-refractivity contribution in [2.24, 2.45) is 0 Å². The summed E-state index contributed by atoms with van der Waals surface area (Å²) in [7, 11) is 0. The number of hydrogen-bond donors (Lipinski definition) is 0. The fourth-order valence-corrected chi connectivity index (χ4v) is 10.0. The van der Waals surface area contributed by atoms with Crippen LogP contribution in [0.4, 0.5) is 0 Å². The summed E-state index contributed by atoms with van der Waals surface area (Å²) in [5, 5.41) is 14.0. The van der Waals surface area contributed by atoms with Gasteiger partial charge in [-0.25, -0.2) is 4.98 Å². The van der Waals surface area contributed by atoms with Crippen LogP contribution < -0.4 is 0 Å². The maximum absolute atomic E-state index is 6.52. The molecular weight excluding hydrogens is 741 g/mol. The number of nitrogens with zero attached hydrogens (tertiary/aromatic N) is 2. The summed E-state index contributed by atoms with van der Waals surface area (Å²) >= 11 is 0. The molecule has 11 aromatic carbocycles. The molecule has 0 unspecified atom stereocenters. The highest BCUT2D eigenvalue weighted by atomic mass is 16.3. The van der Waals surface area contributed by atoms with Gasteiger partial charge in [-0.2, -0.15) is 0 Å². The van der Waals surface area contributed by atoms with Gasteiger partial charge >= 0.3 is 0 Å². The van der Waals surface area contributed by atoms with Crippen LogP contribution in [0.1, 0.15) is 0 Å². The highest BCUT2D eigenvalue weighted by Gasteiger charge is 2.19. The summed E-state index contributed by atoms with van der Waals surface area (Å²) in [6, 6.07) is 71.8. The van der Waals surface area contributed by atoms with E-state index >= 15 is 0 Å². The van der Waals surface area contributed by atoms with E-state index in [1.807, 2.05) is 12.3 Å². The number of para-hydroxylation sites is 2. The lowest BCUT2D eigenvalue weighted by Gasteiger charge is -2.16. The van der Waals surface area contributed by atoms with Gasteiger partial charge in [0.05, 0.1) is 22.9 Å². The lowest BCUT2D eigenvalue weighted by Crippen LogP contribution is -1.93. The van der Waals surface area contributed by atoms with Crippen LogP contribution in [0, 0.1) is 0 Å². The van der Waals surface area contributed by atoms with Crippen molar-refractivity contribution < 1.29 is 4.42 Å². The SMILES string of the molecule is c1ccc2c(c1)oc1c(-c3ccc(-c4cccc5c(-c6cccc7c(-c8cnc9c%10ccccc%10c%10ccccc%10c9n8)cccc67)cccc45)c4ccccc34)cccc12. The Morgan fingerprint density at radius 3 is 1.21 bits per heavy atom. The first-order valence-electron chi connectivity index (χ1n) is 20.8. The molecule has 2 aromatic heterocycles. The Balaban J connectivity index is 0.964. The molecule has 0 aliphatic rings. The van der Waals surface area contributed by atoms with E-state index in [2.05, 4.69) is 194 Å². The topological polar surface area (TPSA) is 38.9 Å². The summed E-state index contributed by atoms with van der Waals surface area (Å²) in [4.78, 5) is 10.5. The van der Waals surface area contributed by atoms with Gasteiger partial charge in [0.15, 0.2) is 0 Å². The number of furan rings is 1. The Bertz CT molecular complexity index is 3920. The van der Waals surface area contributed by atoms with Gasteiger partial charge in [-0.15, -0.1) is 0 Å². The molecule has 282 valence electrons. The van der Waals surface area contributed by atoms with Crippen LogP contribution in [-0.2, 0) is 0 Å². The molecule has 13 aromatic rings. The van der Waals surface area contributed by atoms with Crippen molar-refractivity contribution in [3.8, 4) is 44.6 Å². The van der Waals surface area contributed by atoms with Gasteiger partial charge in [-0.1, -0.05) is 194 Å². The molecule has 0 aliphatic heterocycles. The van der Waals surface area contributed by atoms with Gasteiger partial charge < -0.3 is 4.42 Å². The molecule has 0 saturated carbocycles. The number of aromatic nitrogens is 2. The highest BCUT2D eigenvalue weighted by Crippen LogP contribution is 2.44. The third kappa shape index (κ3) is 5.04. The smallest absolute Gasteiger partial charge is 0.143 e. The Morgan fingerprint density at radius 2 is 0.639 bits per heavy atom. The van der Waals surface area contributed by atoms with Crippen molar-refractivity contribution in [3.63, 3.8) is 0 Å². The lowest BCUT2D eigenvalue weighted by atomic mass is 9.87. The Morgan fingerprint density at radius 1 is 0.262 bits per heavy atom. The molecule has 0 atom stereocenters. The zero-order valence-electron chi connectivity index (χ0n) is 32.9. The number of hydrogen-bond acceptors (Lipinski definition) is 3. The minimum Gasteiger partial charge on any atom is -0.455 e. The Kier molecular flexibility index (Phi) is 7.31.